The molecular formula is C20H24FNO2. The van der Waals surface area contributed by atoms with E-state index < -0.39 is 6.10 Å². The summed E-state index contributed by atoms with van der Waals surface area (Å²) in [6.45, 7) is 7.77. The summed E-state index contributed by atoms with van der Waals surface area (Å²) in [6.07, 6.45) is 0.00394. The lowest BCUT2D eigenvalue weighted by Gasteiger charge is -2.21. The Bertz CT molecular complexity index is 697. The summed E-state index contributed by atoms with van der Waals surface area (Å²) >= 11 is 0. The molecule has 0 aliphatic heterocycles. The van der Waals surface area contributed by atoms with Crippen molar-refractivity contribution >= 4 is 5.91 Å². The summed E-state index contributed by atoms with van der Waals surface area (Å²) in [6, 6.07) is 11.8. The molecule has 0 radical (unpaired) electrons. The summed E-state index contributed by atoms with van der Waals surface area (Å²) in [7, 11) is 0. The topological polar surface area (TPSA) is 38.3 Å². The number of amides is 1. The Morgan fingerprint density at radius 1 is 1.17 bits per heavy atom. The predicted molar refractivity (Wildman–Crippen MR) is 93.6 cm³/mol. The van der Waals surface area contributed by atoms with Gasteiger partial charge in [-0.25, -0.2) is 4.39 Å². The number of carbonyl (C=O) groups is 1. The Balaban J connectivity index is 2.04. The highest BCUT2D eigenvalue weighted by Gasteiger charge is 2.21. The minimum absolute atomic E-state index is 0.172. The quantitative estimate of drug-likeness (QED) is 0.849. The minimum atomic E-state index is -0.561. The third-order valence-corrected chi connectivity index (χ3v) is 3.99. The Kier molecular flexibility index (Phi) is 5.96. The molecule has 0 unspecified atom stereocenters. The van der Waals surface area contributed by atoms with Gasteiger partial charge >= 0.3 is 0 Å². The first kappa shape index (κ1) is 18.0. The van der Waals surface area contributed by atoms with Gasteiger partial charge in [0.1, 0.15) is 11.6 Å². The molecule has 24 heavy (non-hydrogen) atoms. The van der Waals surface area contributed by atoms with Gasteiger partial charge in [0.2, 0.25) is 0 Å². The zero-order valence-electron chi connectivity index (χ0n) is 14.6. The van der Waals surface area contributed by atoms with Crippen molar-refractivity contribution in [3.63, 3.8) is 0 Å². The van der Waals surface area contributed by atoms with E-state index in [1.54, 1.807) is 12.1 Å². The number of rotatable bonds is 6. The van der Waals surface area contributed by atoms with Gasteiger partial charge in [-0.05, 0) is 56.5 Å². The molecule has 0 bridgehead atoms. The van der Waals surface area contributed by atoms with Gasteiger partial charge in [-0.2, -0.15) is 0 Å². The Morgan fingerprint density at radius 2 is 1.83 bits per heavy atom. The Morgan fingerprint density at radius 3 is 2.42 bits per heavy atom. The average Bonchev–Trinajstić information content (AvgIpc) is 2.54. The molecule has 2 atom stereocenters. The lowest BCUT2D eigenvalue weighted by Crippen LogP contribution is -2.39. The second-order valence-corrected chi connectivity index (χ2v) is 6.07. The fraction of sp³-hybridized carbons (Fsp3) is 0.350. The van der Waals surface area contributed by atoms with Crippen LogP contribution in [0.4, 0.5) is 4.39 Å². The highest BCUT2D eigenvalue weighted by Crippen LogP contribution is 2.21. The number of carbonyl (C=O) groups excluding carboxylic acids is 1. The van der Waals surface area contributed by atoms with Crippen LogP contribution < -0.4 is 10.1 Å². The molecule has 0 aliphatic rings. The lowest BCUT2D eigenvalue weighted by atomic mass is 10.1. The van der Waals surface area contributed by atoms with Crippen LogP contribution in [0.5, 0.6) is 5.75 Å². The number of benzene rings is 2. The molecule has 0 heterocycles. The zero-order valence-corrected chi connectivity index (χ0v) is 14.6. The van der Waals surface area contributed by atoms with Crippen LogP contribution in [-0.2, 0) is 4.79 Å². The van der Waals surface area contributed by atoms with Crippen molar-refractivity contribution in [1.82, 2.24) is 5.32 Å². The summed E-state index contributed by atoms with van der Waals surface area (Å²) in [5, 5.41) is 2.93. The lowest BCUT2D eigenvalue weighted by molar-refractivity contribution is -0.128. The average molecular weight is 329 g/mol. The monoisotopic (exact) mass is 329 g/mol. The highest BCUT2D eigenvalue weighted by atomic mass is 19.1. The van der Waals surface area contributed by atoms with Crippen LogP contribution >= 0.6 is 0 Å². The molecule has 1 N–H and O–H groups in total. The van der Waals surface area contributed by atoms with E-state index in [0.717, 1.165) is 22.4 Å². The molecule has 1 amide bonds. The van der Waals surface area contributed by atoms with Gasteiger partial charge in [0.25, 0.3) is 5.91 Å². The molecule has 0 aliphatic carbocycles. The summed E-state index contributed by atoms with van der Waals surface area (Å²) in [5.74, 6) is 0.258. The number of hydrogen-bond acceptors (Lipinski definition) is 2. The molecule has 0 spiro atoms. The van der Waals surface area contributed by atoms with E-state index in [4.69, 9.17) is 4.74 Å². The minimum Gasteiger partial charge on any atom is -0.480 e. The second kappa shape index (κ2) is 7.95. The van der Waals surface area contributed by atoms with E-state index in [-0.39, 0.29) is 17.8 Å². The van der Waals surface area contributed by atoms with E-state index in [2.05, 4.69) is 5.32 Å². The zero-order chi connectivity index (χ0) is 17.7. The van der Waals surface area contributed by atoms with Crippen molar-refractivity contribution in [3.05, 3.63) is 65.0 Å². The number of ether oxygens (including phenoxy) is 1. The molecular weight excluding hydrogens is 305 g/mol. The molecule has 0 aromatic heterocycles. The summed E-state index contributed by atoms with van der Waals surface area (Å²) < 4.78 is 18.9. The van der Waals surface area contributed by atoms with E-state index in [0.29, 0.717) is 6.42 Å². The summed E-state index contributed by atoms with van der Waals surface area (Å²) in [4.78, 5) is 12.5. The van der Waals surface area contributed by atoms with Crippen LogP contribution in [0, 0.1) is 19.7 Å². The molecule has 0 saturated carbocycles. The van der Waals surface area contributed by atoms with Crippen molar-refractivity contribution in [2.45, 2.75) is 46.3 Å². The fourth-order valence-electron chi connectivity index (χ4n) is 2.55. The first-order valence-electron chi connectivity index (χ1n) is 8.20. The SMILES string of the molecule is CC[C@H](Oc1ccc(C)cc1C)C(=O)N[C@H](C)c1ccc(F)cc1. The molecule has 2 aromatic carbocycles. The van der Waals surface area contributed by atoms with Crippen molar-refractivity contribution in [2.24, 2.45) is 0 Å². The standard InChI is InChI=1S/C20H24FNO2/c1-5-18(24-19-11-6-13(2)12-14(19)3)20(23)22-15(4)16-7-9-17(21)10-8-16/h6-12,15,18H,5H2,1-4H3,(H,22,23)/t15-,18+/m1/s1. The van der Waals surface area contributed by atoms with Gasteiger partial charge in [-0.1, -0.05) is 36.8 Å². The van der Waals surface area contributed by atoms with Gasteiger partial charge in [-0.15, -0.1) is 0 Å². The van der Waals surface area contributed by atoms with Crippen LogP contribution in [0.25, 0.3) is 0 Å². The number of nitrogens with one attached hydrogen (secondary N) is 1. The molecule has 3 nitrogen and oxygen atoms in total. The van der Waals surface area contributed by atoms with Gasteiger partial charge in [0.05, 0.1) is 6.04 Å². The van der Waals surface area contributed by atoms with Crippen LogP contribution in [0.15, 0.2) is 42.5 Å². The smallest absolute Gasteiger partial charge is 0.261 e. The van der Waals surface area contributed by atoms with Crippen LogP contribution in [0.2, 0.25) is 0 Å². The van der Waals surface area contributed by atoms with Gasteiger partial charge < -0.3 is 10.1 Å². The Hall–Kier alpha value is -2.36. The van der Waals surface area contributed by atoms with Crippen molar-refractivity contribution < 1.29 is 13.9 Å². The first-order chi connectivity index (χ1) is 11.4. The third-order valence-electron chi connectivity index (χ3n) is 3.99. The highest BCUT2D eigenvalue weighted by molar-refractivity contribution is 5.81. The molecule has 2 rings (SSSR count). The second-order valence-electron chi connectivity index (χ2n) is 6.07. The van der Waals surface area contributed by atoms with E-state index in [1.807, 2.05) is 45.9 Å². The number of aryl methyl sites for hydroxylation is 2. The third kappa shape index (κ3) is 4.57. The van der Waals surface area contributed by atoms with Crippen LogP contribution in [0.3, 0.4) is 0 Å². The molecule has 4 heteroatoms. The molecule has 128 valence electrons. The number of halogens is 1. The number of hydrogen-bond donors (Lipinski definition) is 1. The van der Waals surface area contributed by atoms with Crippen molar-refractivity contribution in [3.8, 4) is 5.75 Å². The Labute approximate surface area is 142 Å². The van der Waals surface area contributed by atoms with E-state index >= 15 is 0 Å². The van der Waals surface area contributed by atoms with Gasteiger partial charge in [-0.3, -0.25) is 4.79 Å². The maximum atomic E-state index is 13.0. The normalized spacial score (nSPS) is 13.2. The van der Waals surface area contributed by atoms with E-state index in [9.17, 15) is 9.18 Å². The van der Waals surface area contributed by atoms with Gasteiger partial charge in [0.15, 0.2) is 6.10 Å². The summed E-state index contributed by atoms with van der Waals surface area (Å²) in [5.41, 5.74) is 3.02. The maximum absolute atomic E-state index is 13.0. The molecule has 0 saturated heterocycles. The predicted octanol–water partition coefficient (Wildman–Crippen LogP) is 4.48. The fourth-order valence-corrected chi connectivity index (χ4v) is 2.55. The largest absolute Gasteiger partial charge is 0.480 e. The maximum Gasteiger partial charge on any atom is 0.261 e. The molecule has 2 aromatic rings. The molecule has 0 fully saturated rings. The van der Waals surface area contributed by atoms with Crippen molar-refractivity contribution in [1.29, 1.82) is 0 Å². The van der Waals surface area contributed by atoms with Crippen LogP contribution in [0.1, 0.15) is 43.0 Å². The van der Waals surface area contributed by atoms with E-state index in [1.165, 1.54) is 12.1 Å². The first-order valence-corrected chi connectivity index (χ1v) is 8.20. The van der Waals surface area contributed by atoms with Gasteiger partial charge in [0, 0.05) is 0 Å². The van der Waals surface area contributed by atoms with Crippen LogP contribution in [-0.4, -0.2) is 12.0 Å². The van der Waals surface area contributed by atoms with Crippen molar-refractivity contribution in [2.75, 3.05) is 0 Å².